The SMILES string of the molecule is C#CCN(CCC)CC(C)C1CNC1. The molecule has 1 atom stereocenters. The Bertz CT molecular complexity index is 191. The second-order valence-electron chi connectivity index (χ2n) is 4.33. The fraction of sp³-hybridized carbons (Fsp3) is 0.833. The molecule has 1 fully saturated rings. The summed E-state index contributed by atoms with van der Waals surface area (Å²) in [5.74, 6) is 4.39. The monoisotopic (exact) mass is 194 g/mol. The van der Waals surface area contributed by atoms with Gasteiger partial charge in [-0.1, -0.05) is 19.8 Å². The van der Waals surface area contributed by atoms with Gasteiger partial charge in [-0.2, -0.15) is 0 Å². The fourth-order valence-corrected chi connectivity index (χ4v) is 1.95. The molecule has 0 aromatic rings. The maximum Gasteiger partial charge on any atom is 0.0599 e. The third-order valence-electron chi connectivity index (χ3n) is 3.02. The van der Waals surface area contributed by atoms with Crippen molar-refractivity contribution in [2.45, 2.75) is 20.3 Å². The smallest absolute Gasteiger partial charge is 0.0599 e. The molecule has 1 saturated heterocycles. The highest BCUT2D eigenvalue weighted by Gasteiger charge is 2.24. The van der Waals surface area contributed by atoms with Crippen molar-refractivity contribution in [3.63, 3.8) is 0 Å². The Balaban J connectivity index is 2.26. The lowest BCUT2D eigenvalue weighted by Crippen LogP contribution is -2.48. The van der Waals surface area contributed by atoms with Crippen LogP contribution in [-0.2, 0) is 0 Å². The van der Waals surface area contributed by atoms with Crippen LogP contribution in [0, 0.1) is 24.2 Å². The highest BCUT2D eigenvalue weighted by molar-refractivity contribution is 4.89. The molecule has 0 saturated carbocycles. The van der Waals surface area contributed by atoms with Crippen LogP contribution in [0.5, 0.6) is 0 Å². The van der Waals surface area contributed by atoms with Gasteiger partial charge >= 0.3 is 0 Å². The minimum absolute atomic E-state index is 0.774. The van der Waals surface area contributed by atoms with Crippen LogP contribution in [-0.4, -0.2) is 37.6 Å². The van der Waals surface area contributed by atoms with E-state index in [9.17, 15) is 0 Å². The third-order valence-corrected chi connectivity index (χ3v) is 3.02. The van der Waals surface area contributed by atoms with E-state index in [1.165, 1.54) is 19.5 Å². The normalized spacial score (nSPS) is 19.0. The van der Waals surface area contributed by atoms with E-state index >= 15 is 0 Å². The van der Waals surface area contributed by atoms with Crippen LogP contribution in [0.15, 0.2) is 0 Å². The van der Waals surface area contributed by atoms with Gasteiger partial charge in [0.1, 0.15) is 0 Å². The van der Waals surface area contributed by atoms with Crippen LogP contribution >= 0.6 is 0 Å². The number of terminal acetylenes is 1. The molecule has 1 aliphatic heterocycles. The van der Waals surface area contributed by atoms with E-state index in [0.717, 1.165) is 31.5 Å². The predicted octanol–water partition coefficient (Wildman–Crippen LogP) is 1.19. The van der Waals surface area contributed by atoms with E-state index in [1.54, 1.807) is 0 Å². The van der Waals surface area contributed by atoms with Gasteiger partial charge in [-0.15, -0.1) is 6.42 Å². The molecule has 2 nitrogen and oxygen atoms in total. The summed E-state index contributed by atoms with van der Waals surface area (Å²) in [5, 5.41) is 3.32. The first-order chi connectivity index (χ1) is 6.77. The van der Waals surface area contributed by atoms with Crippen molar-refractivity contribution in [3.8, 4) is 12.3 Å². The zero-order valence-corrected chi connectivity index (χ0v) is 9.42. The Hall–Kier alpha value is -0.520. The topological polar surface area (TPSA) is 15.3 Å². The number of hydrogen-bond donors (Lipinski definition) is 1. The molecule has 0 radical (unpaired) electrons. The van der Waals surface area contributed by atoms with Gasteiger partial charge in [0.2, 0.25) is 0 Å². The van der Waals surface area contributed by atoms with Crippen molar-refractivity contribution in [1.29, 1.82) is 0 Å². The summed E-state index contributed by atoms with van der Waals surface area (Å²) in [6.07, 6.45) is 6.55. The Kier molecular flexibility index (Phi) is 5.00. The quantitative estimate of drug-likeness (QED) is 0.639. The Morgan fingerprint density at radius 1 is 1.57 bits per heavy atom. The summed E-state index contributed by atoms with van der Waals surface area (Å²) in [7, 11) is 0. The summed E-state index contributed by atoms with van der Waals surface area (Å²) in [4.78, 5) is 2.39. The summed E-state index contributed by atoms with van der Waals surface area (Å²) < 4.78 is 0. The highest BCUT2D eigenvalue weighted by Crippen LogP contribution is 2.16. The van der Waals surface area contributed by atoms with E-state index in [4.69, 9.17) is 6.42 Å². The number of rotatable bonds is 6. The van der Waals surface area contributed by atoms with Crippen molar-refractivity contribution in [1.82, 2.24) is 10.2 Å². The molecule has 0 bridgehead atoms. The lowest BCUT2D eigenvalue weighted by molar-refractivity contribution is 0.177. The Morgan fingerprint density at radius 2 is 2.29 bits per heavy atom. The Labute approximate surface area is 88.1 Å². The van der Waals surface area contributed by atoms with Gasteiger partial charge in [0.25, 0.3) is 0 Å². The molecular weight excluding hydrogens is 172 g/mol. The standard InChI is InChI=1S/C12H22N2/c1-4-6-14(7-5-2)10-11(3)12-8-13-9-12/h1,11-13H,5-10H2,2-3H3. The second kappa shape index (κ2) is 6.06. The van der Waals surface area contributed by atoms with Crippen molar-refractivity contribution < 1.29 is 0 Å². The lowest BCUT2D eigenvalue weighted by atomic mass is 9.88. The third kappa shape index (κ3) is 3.32. The van der Waals surface area contributed by atoms with Gasteiger partial charge in [0.05, 0.1) is 6.54 Å². The molecule has 1 rings (SSSR count). The van der Waals surface area contributed by atoms with E-state index < -0.39 is 0 Å². The van der Waals surface area contributed by atoms with Crippen molar-refractivity contribution in [2.24, 2.45) is 11.8 Å². The minimum atomic E-state index is 0.774. The molecular formula is C12H22N2. The summed E-state index contributed by atoms with van der Waals surface area (Å²) >= 11 is 0. The average molecular weight is 194 g/mol. The number of hydrogen-bond acceptors (Lipinski definition) is 2. The number of nitrogens with zero attached hydrogens (tertiary/aromatic N) is 1. The first-order valence-corrected chi connectivity index (χ1v) is 5.64. The minimum Gasteiger partial charge on any atom is -0.316 e. The highest BCUT2D eigenvalue weighted by atomic mass is 15.1. The summed E-state index contributed by atoms with van der Waals surface area (Å²) in [6, 6.07) is 0. The summed E-state index contributed by atoms with van der Waals surface area (Å²) in [5.41, 5.74) is 0. The second-order valence-corrected chi connectivity index (χ2v) is 4.33. The zero-order chi connectivity index (χ0) is 10.4. The summed E-state index contributed by atoms with van der Waals surface area (Å²) in [6.45, 7) is 10.0. The molecule has 1 unspecified atom stereocenters. The van der Waals surface area contributed by atoms with E-state index in [0.29, 0.717) is 0 Å². The molecule has 1 aliphatic rings. The maximum absolute atomic E-state index is 5.35. The van der Waals surface area contributed by atoms with Gasteiger partial charge in [0, 0.05) is 6.54 Å². The molecule has 1 N–H and O–H groups in total. The predicted molar refractivity (Wildman–Crippen MR) is 61.1 cm³/mol. The van der Waals surface area contributed by atoms with Crippen LogP contribution in [0.3, 0.4) is 0 Å². The van der Waals surface area contributed by atoms with Crippen LogP contribution in [0.2, 0.25) is 0 Å². The van der Waals surface area contributed by atoms with Gasteiger partial charge in [0.15, 0.2) is 0 Å². The van der Waals surface area contributed by atoms with Crippen LogP contribution < -0.4 is 5.32 Å². The first-order valence-electron chi connectivity index (χ1n) is 5.64. The molecule has 0 aromatic heterocycles. The molecule has 0 spiro atoms. The van der Waals surface area contributed by atoms with Gasteiger partial charge < -0.3 is 5.32 Å². The lowest BCUT2D eigenvalue weighted by Gasteiger charge is -2.35. The molecule has 80 valence electrons. The first kappa shape index (κ1) is 11.6. The molecule has 0 aromatic carbocycles. The van der Waals surface area contributed by atoms with E-state index in [1.807, 2.05) is 0 Å². The molecule has 2 heteroatoms. The average Bonchev–Trinajstić information content (AvgIpc) is 2.01. The molecule has 0 aliphatic carbocycles. The Morgan fingerprint density at radius 3 is 2.71 bits per heavy atom. The van der Waals surface area contributed by atoms with E-state index in [-0.39, 0.29) is 0 Å². The van der Waals surface area contributed by atoms with Crippen molar-refractivity contribution in [3.05, 3.63) is 0 Å². The number of nitrogens with one attached hydrogen (secondary N) is 1. The van der Waals surface area contributed by atoms with Crippen molar-refractivity contribution >= 4 is 0 Å². The van der Waals surface area contributed by atoms with Crippen LogP contribution in [0.1, 0.15) is 20.3 Å². The van der Waals surface area contributed by atoms with Crippen molar-refractivity contribution in [2.75, 3.05) is 32.7 Å². The molecule has 14 heavy (non-hydrogen) atoms. The van der Waals surface area contributed by atoms with Gasteiger partial charge in [-0.05, 0) is 37.9 Å². The van der Waals surface area contributed by atoms with Crippen LogP contribution in [0.25, 0.3) is 0 Å². The zero-order valence-electron chi connectivity index (χ0n) is 9.42. The van der Waals surface area contributed by atoms with E-state index in [2.05, 4.69) is 30.0 Å². The fourth-order valence-electron chi connectivity index (χ4n) is 1.95. The van der Waals surface area contributed by atoms with Gasteiger partial charge in [-0.25, -0.2) is 0 Å². The van der Waals surface area contributed by atoms with Crippen LogP contribution in [0.4, 0.5) is 0 Å². The molecule has 1 heterocycles. The molecule has 0 amide bonds. The van der Waals surface area contributed by atoms with Gasteiger partial charge in [-0.3, -0.25) is 4.90 Å². The largest absolute Gasteiger partial charge is 0.316 e. The maximum atomic E-state index is 5.35.